The van der Waals surface area contributed by atoms with Crippen molar-refractivity contribution < 1.29 is 0 Å². The van der Waals surface area contributed by atoms with E-state index in [0.29, 0.717) is 0 Å². The molecule has 3 heterocycles. The highest BCUT2D eigenvalue weighted by molar-refractivity contribution is 7.26. The zero-order chi connectivity index (χ0) is 37.0. The van der Waals surface area contributed by atoms with E-state index in [1.54, 1.807) is 0 Å². The van der Waals surface area contributed by atoms with Crippen LogP contribution >= 0.6 is 11.3 Å². The van der Waals surface area contributed by atoms with Crippen molar-refractivity contribution in [2.75, 3.05) is 0 Å². The Bertz CT molecular complexity index is 3010. The van der Waals surface area contributed by atoms with Gasteiger partial charge in [-0.2, -0.15) is 0 Å². The van der Waals surface area contributed by atoms with Crippen molar-refractivity contribution >= 4 is 53.3 Å². The normalized spacial score (nSPS) is 16.1. The van der Waals surface area contributed by atoms with E-state index in [2.05, 4.69) is 214 Å². The molecule has 0 aliphatic carbocycles. The second-order valence-corrected chi connectivity index (χ2v) is 15.7. The minimum atomic E-state index is -0.0382. The zero-order valence-corrected chi connectivity index (χ0v) is 31.5. The van der Waals surface area contributed by atoms with Crippen LogP contribution in [-0.4, -0.2) is 9.58 Å². The lowest BCUT2D eigenvalue weighted by molar-refractivity contribution is 0.165. The number of benzene rings is 8. The van der Waals surface area contributed by atoms with Crippen molar-refractivity contribution in [3.8, 4) is 27.9 Å². The molecule has 5 heteroatoms. The highest BCUT2D eigenvalue weighted by Gasteiger charge is 2.33. The van der Waals surface area contributed by atoms with Gasteiger partial charge >= 0.3 is 0 Å². The van der Waals surface area contributed by atoms with Crippen molar-refractivity contribution in [1.82, 2.24) is 20.3 Å². The van der Waals surface area contributed by atoms with Crippen molar-refractivity contribution in [1.29, 1.82) is 0 Å². The predicted molar refractivity (Wildman–Crippen MR) is 235 cm³/mol. The van der Waals surface area contributed by atoms with Crippen LogP contribution in [0, 0.1) is 0 Å². The van der Waals surface area contributed by atoms with Gasteiger partial charge in [0.15, 0.2) is 0 Å². The topological polar surface area (TPSA) is 32.2 Å². The lowest BCUT2D eigenvalue weighted by atomic mass is 9.99. The van der Waals surface area contributed by atoms with Crippen LogP contribution in [0.3, 0.4) is 0 Å². The second-order valence-electron chi connectivity index (χ2n) is 14.7. The summed E-state index contributed by atoms with van der Waals surface area (Å²) in [5.74, 6) is 0. The molecule has 2 unspecified atom stereocenters. The quantitative estimate of drug-likeness (QED) is 0.171. The Morgan fingerprint density at radius 1 is 0.482 bits per heavy atom. The molecule has 1 aliphatic heterocycles. The fraction of sp³-hybridized carbons (Fsp3) is 0.0588. The summed E-state index contributed by atoms with van der Waals surface area (Å²) in [5.41, 5.74) is 16.0. The van der Waals surface area contributed by atoms with Crippen LogP contribution in [-0.2, 0) is 6.54 Å². The number of hydrogen-bond donors (Lipinski definition) is 2. The molecule has 4 nitrogen and oxygen atoms in total. The maximum Gasteiger partial charge on any atom is 0.101 e. The first-order chi connectivity index (χ1) is 27.7. The molecule has 1 fully saturated rings. The first kappa shape index (κ1) is 33.0. The molecule has 0 bridgehead atoms. The summed E-state index contributed by atoms with van der Waals surface area (Å²) < 4.78 is 5.09. The smallest absolute Gasteiger partial charge is 0.101 e. The number of nitrogens with zero attached hydrogens (tertiary/aromatic N) is 2. The van der Waals surface area contributed by atoms with Gasteiger partial charge in [0.2, 0.25) is 0 Å². The van der Waals surface area contributed by atoms with Crippen LogP contribution in [0.25, 0.3) is 69.9 Å². The summed E-state index contributed by atoms with van der Waals surface area (Å²) in [4.78, 5) is 0. The molecule has 2 atom stereocenters. The lowest BCUT2D eigenvalue weighted by Crippen LogP contribution is -2.33. The molecule has 0 saturated carbocycles. The van der Waals surface area contributed by atoms with Gasteiger partial charge in [0.1, 0.15) is 6.17 Å². The van der Waals surface area contributed by atoms with E-state index in [1.165, 1.54) is 80.9 Å². The Kier molecular flexibility index (Phi) is 8.11. The molecular weight excluding hydrogens is 701 g/mol. The Balaban J connectivity index is 1.00. The van der Waals surface area contributed by atoms with Gasteiger partial charge in [-0.1, -0.05) is 152 Å². The number of thiophene rings is 1. The van der Waals surface area contributed by atoms with Crippen molar-refractivity contribution in [2.24, 2.45) is 0 Å². The molecule has 56 heavy (non-hydrogen) atoms. The Hall–Kier alpha value is -6.34. The molecule has 1 aliphatic rings. The highest BCUT2D eigenvalue weighted by Crippen LogP contribution is 2.42. The molecule has 10 aromatic rings. The van der Waals surface area contributed by atoms with E-state index in [4.69, 9.17) is 0 Å². The van der Waals surface area contributed by atoms with E-state index in [0.717, 1.165) is 12.2 Å². The molecule has 2 aromatic heterocycles. The molecule has 1 saturated heterocycles. The Morgan fingerprint density at radius 3 is 1.89 bits per heavy atom. The van der Waals surface area contributed by atoms with Crippen LogP contribution in [0.5, 0.6) is 0 Å². The summed E-state index contributed by atoms with van der Waals surface area (Å²) in [6.07, 6.45) is -0.00597. The van der Waals surface area contributed by atoms with Crippen LogP contribution < -0.4 is 10.7 Å². The zero-order valence-electron chi connectivity index (χ0n) is 30.6. The number of nitrogens with one attached hydrogen (secondary N) is 2. The number of hydrazine groups is 1. The van der Waals surface area contributed by atoms with E-state index < -0.39 is 0 Å². The highest BCUT2D eigenvalue weighted by atomic mass is 32.1. The van der Waals surface area contributed by atoms with Gasteiger partial charge in [0, 0.05) is 43.2 Å². The van der Waals surface area contributed by atoms with E-state index in [-0.39, 0.29) is 12.3 Å². The molecule has 11 rings (SSSR count). The SMILES string of the molecule is c1ccc(CN2NC(c3ccc(-n4c5ccc(-c6ccccc6)cc5c5cc(-c6cccc7c6sc6ccccc67)ccc54)cc3)NC2c2ccccc2)cc1. The predicted octanol–water partition coefficient (Wildman–Crippen LogP) is 12.8. The Labute approximate surface area is 329 Å². The van der Waals surface area contributed by atoms with Gasteiger partial charge in [-0.25, -0.2) is 10.4 Å². The molecular formula is C51H38N4S. The van der Waals surface area contributed by atoms with Gasteiger partial charge < -0.3 is 4.57 Å². The third-order valence-corrected chi connectivity index (χ3v) is 12.5. The van der Waals surface area contributed by atoms with Crippen molar-refractivity contribution in [2.45, 2.75) is 18.9 Å². The number of fused-ring (bicyclic) bond motifs is 6. The van der Waals surface area contributed by atoms with Gasteiger partial charge in [-0.05, 0) is 81.4 Å². The number of rotatable bonds is 7. The monoisotopic (exact) mass is 738 g/mol. The maximum absolute atomic E-state index is 3.88. The van der Waals surface area contributed by atoms with E-state index >= 15 is 0 Å². The molecule has 8 aromatic carbocycles. The number of aromatic nitrogens is 1. The minimum absolute atomic E-state index is 0.0323. The van der Waals surface area contributed by atoms with Crippen LogP contribution in [0.4, 0.5) is 0 Å². The molecule has 0 radical (unpaired) electrons. The molecule has 2 N–H and O–H groups in total. The van der Waals surface area contributed by atoms with Crippen LogP contribution in [0.1, 0.15) is 29.0 Å². The summed E-state index contributed by atoms with van der Waals surface area (Å²) in [6, 6.07) is 70.6. The maximum atomic E-state index is 3.88. The largest absolute Gasteiger partial charge is 0.309 e. The fourth-order valence-electron chi connectivity index (χ4n) is 8.59. The first-order valence-electron chi connectivity index (χ1n) is 19.3. The first-order valence-corrected chi connectivity index (χ1v) is 20.1. The van der Waals surface area contributed by atoms with Crippen LogP contribution in [0.15, 0.2) is 194 Å². The van der Waals surface area contributed by atoms with Crippen LogP contribution in [0.2, 0.25) is 0 Å². The molecule has 268 valence electrons. The van der Waals surface area contributed by atoms with Gasteiger partial charge in [-0.3, -0.25) is 5.32 Å². The van der Waals surface area contributed by atoms with E-state index in [9.17, 15) is 0 Å². The van der Waals surface area contributed by atoms with Crippen molar-refractivity contribution in [3.63, 3.8) is 0 Å². The van der Waals surface area contributed by atoms with E-state index in [1.807, 2.05) is 11.3 Å². The second kappa shape index (κ2) is 13.7. The lowest BCUT2D eigenvalue weighted by Gasteiger charge is -2.23. The molecule has 0 amide bonds. The summed E-state index contributed by atoms with van der Waals surface area (Å²) in [5, 5.41) is 11.3. The average molecular weight is 739 g/mol. The average Bonchev–Trinajstić information content (AvgIpc) is 3.96. The summed E-state index contributed by atoms with van der Waals surface area (Å²) in [7, 11) is 0. The third kappa shape index (κ3) is 5.72. The summed E-state index contributed by atoms with van der Waals surface area (Å²) in [6.45, 7) is 0.785. The number of hydrogen-bond acceptors (Lipinski definition) is 4. The Morgan fingerprint density at radius 2 is 1.12 bits per heavy atom. The van der Waals surface area contributed by atoms with Gasteiger partial charge in [-0.15, -0.1) is 11.3 Å². The van der Waals surface area contributed by atoms with Gasteiger partial charge in [0.25, 0.3) is 0 Å². The minimum Gasteiger partial charge on any atom is -0.309 e. The third-order valence-electron chi connectivity index (χ3n) is 11.3. The molecule has 0 spiro atoms. The summed E-state index contributed by atoms with van der Waals surface area (Å²) >= 11 is 1.89. The standard InChI is InChI=1S/C51H38N4S/c1-4-13-34(14-5-1)33-54-51(37-17-8-3-9-18-37)52-50(53-54)36-23-27-40(28-24-36)55-46-29-25-38(35-15-6-2-7-16-35)31-44(46)45-32-39(26-30-47(45)55)41-20-12-21-43-42-19-10-11-22-48(42)56-49(41)43/h1-32,50-53H,33H2. The van der Waals surface area contributed by atoms with Crippen molar-refractivity contribution in [3.05, 3.63) is 211 Å². The van der Waals surface area contributed by atoms with Gasteiger partial charge in [0.05, 0.1) is 17.2 Å². The fourth-order valence-corrected chi connectivity index (χ4v) is 9.83.